The van der Waals surface area contributed by atoms with Gasteiger partial charge >= 0.3 is 0 Å². The number of nitrogens with zero attached hydrogens (tertiary/aromatic N) is 2. The van der Waals surface area contributed by atoms with Gasteiger partial charge in [0.25, 0.3) is 0 Å². The number of hydrogen-bond donors (Lipinski definition) is 3. The zero-order chi connectivity index (χ0) is 14.5. The maximum absolute atomic E-state index is 7.51. The molecule has 0 radical (unpaired) electrons. The normalized spacial score (nSPS) is 10.2. The summed E-state index contributed by atoms with van der Waals surface area (Å²) in [4.78, 5) is 7.93. The van der Waals surface area contributed by atoms with Crippen molar-refractivity contribution in [2.75, 3.05) is 0 Å². The molecule has 1 aromatic carbocycles. The molecule has 0 spiro atoms. The van der Waals surface area contributed by atoms with Gasteiger partial charge in [-0.2, -0.15) is 4.99 Å². The summed E-state index contributed by atoms with van der Waals surface area (Å²) < 4.78 is 5.38. The number of nitrogens with two attached hydrogens (primary N) is 2. The Balaban J connectivity index is 2.03. The van der Waals surface area contributed by atoms with E-state index >= 15 is 0 Å². The van der Waals surface area contributed by atoms with Crippen molar-refractivity contribution in [2.24, 2.45) is 16.5 Å². The minimum absolute atomic E-state index is 0.0253. The molecule has 0 unspecified atom stereocenters. The molecule has 0 aliphatic rings. The van der Waals surface area contributed by atoms with Crippen LogP contribution in [0, 0.1) is 5.41 Å². The summed E-state index contributed by atoms with van der Waals surface area (Å²) in [6.45, 7) is 0. The second-order valence-corrected chi connectivity index (χ2v) is 5.19. The first-order valence-electron chi connectivity index (χ1n) is 5.56. The van der Waals surface area contributed by atoms with E-state index in [0.717, 1.165) is 17.3 Å². The fraction of sp³-hybridized carbons (Fsp3) is 0.0833. The number of rotatable bonds is 3. The van der Waals surface area contributed by atoms with Crippen LogP contribution >= 0.6 is 23.4 Å². The molecule has 0 aliphatic carbocycles. The fourth-order valence-electron chi connectivity index (χ4n) is 1.42. The molecule has 0 atom stereocenters. The molecule has 2 rings (SSSR count). The van der Waals surface area contributed by atoms with Crippen molar-refractivity contribution in [1.82, 2.24) is 4.98 Å². The SMILES string of the molecule is N=C(N=C(N)N)SCc1coc(-c2cccc(Cl)c2)n1. The van der Waals surface area contributed by atoms with Crippen molar-refractivity contribution in [3.63, 3.8) is 0 Å². The van der Waals surface area contributed by atoms with E-state index in [1.165, 1.54) is 6.26 Å². The van der Waals surface area contributed by atoms with Crippen LogP contribution in [0.2, 0.25) is 5.02 Å². The third-order valence-electron chi connectivity index (χ3n) is 2.21. The summed E-state index contributed by atoms with van der Waals surface area (Å²) in [5, 5.41) is 8.15. The molecular formula is C12H12ClN5OS. The Morgan fingerprint density at radius 3 is 2.95 bits per heavy atom. The summed E-state index contributed by atoms with van der Waals surface area (Å²) in [6, 6.07) is 7.23. The fourth-order valence-corrected chi connectivity index (χ4v) is 2.20. The number of aromatic nitrogens is 1. The summed E-state index contributed by atoms with van der Waals surface area (Å²) in [5.41, 5.74) is 11.9. The number of amidine groups is 1. The van der Waals surface area contributed by atoms with E-state index in [4.69, 9.17) is 32.9 Å². The van der Waals surface area contributed by atoms with Gasteiger partial charge in [-0.15, -0.1) is 0 Å². The first-order valence-corrected chi connectivity index (χ1v) is 6.92. The van der Waals surface area contributed by atoms with E-state index in [1.54, 1.807) is 12.1 Å². The van der Waals surface area contributed by atoms with Gasteiger partial charge in [0.15, 0.2) is 11.1 Å². The second kappa shape index (κ2) is 6.44. The van der Waals surface area contributed by atoms with Gasteiger partial charge in [0, 0.05) is 16.3 Å². The van der Waals surface area contributed by atoms with Gasteiger partial charge in [-0.25, -0.2) is 4.98 Å². The van der Waals surface area contributed by atoms with Crippen LogP contribution in [0.25, 0.3) is 11.5 Å². The topological polar surface area (TPSA) is 114 Å². The van der Waals surface area contributed by atoms with Gasteiger partial charge in [0.2, 0.25) is 5.89 Å². The van der Waals surface area contributed by atoms with Crippen molar-refractivity contribution in [3.8, 4) is 11.5 Å². The Kier molecular flexibility index (Phi) is 4.65. The lowest BCUT2D eigenvalue weighted by Gasteiger charge is -1.96. The molecule has 6 nitrogen and oxygen atoms in total. The number of aliphatic imine (C=N–C) groups is 1. The molecule has 8 heteroatoms. The predicted molar refractivity (Wildman–Crippen MR) is 81.8 cm³/mol. The Bertz CT molecular complexity index is 651. The molecule has 0 bridgehead atoms. The van der Waals surface area contributed by atoms with E-state index in [9.17, 15) is 0 Å². The van der Waals surface area contributed by atoms with Crippen molar-refractivity contribution in [1.29, 1.82) is 5.41 Å². The van der Waals surface area contributed by atoms with Crippen LogP contribution in [0.3, 0.4) is 0 Å². The lowest BCUT2D eigenvalue weighted by molar-refractivity contribution is 0.573. The first kappa shape index (κ1) is 14.4. The third-order valence-corrected chi connectivity index (χ3v) is 3.25. The van der Waals surface area contributed by atoms with Gasteiger partial charge in [0.05, 0.1) is 5.69 Å². The van der Waals surface area contributed by atoms with Crippen LogP contribution in [0.15, 0.2) is 39.9 Å². The van der Waals surface area contributed by atoms with Gasteiger partial charge in [-0.3, -0.25) is 5.41 Å². The summed E-state index contributed by atoms with van der Waals surface area (Å²) >= 11 is 7.07. The van der Waals surface area contributed by atoms with Crippen molar-refractivity contribution < 1.29 is 4.42 Å². The van der Waals surface area contributed by atoms with E-state index in [-0.39, 0.29) is 11.1 Å². The minimum atomic E-state index is -0.137. The lowest BCUT2D eigenvalue weighted by atomic mass is 10.2. The number of hydrogen-bond acceptors (Lipinski definition) is 4. The highest BCUT2D eigenvalue weighted by Crippen LogP contribution is 2.23. The zero-order valence-electron chi connectivity index (χ0n) is 10.3. The third kappa shape index (κ3) is 4.01. The molecule has 104 valence electrons. The Morgan fingerprint density at radius 2 is 2.25 bits per heavy atom. The van der Waals surface area contributed by atoms with Crippen LogP contribution in [-0.4, -0.2) is 16.1 Å². The molecule has 1 heterocycles. The standard InChI is InChI=1S/C12H12ClN5OS/c13-8-3-1-2-7(4-8)10-17-9(5-19-10)6-20-12(16)18-11(14)15/h1-5H,6H2,(H5,14,15,16,18). The molecule has 0 aliphatic heterocycles. The second-order valence-electron chi connectivity index (χ2n) is 3.78. The quantitative estimate of drug-likeness (QED) is 0.595. The van der Waals surface area contributed by atoms with Crippen LogP contribution in [0.4, 0.5) is 0 Å². The molecular weight excluding hydrogens is 298 g/mol. The minimum Gasteiger partial charge on any atom is -0.444 e. The number of halogens is 1. The predicted octanol–water partition coefficient (Wildman–Crippen LogP) is 2.44. The Hall–Kier alpha value is -1.99. The van der Waals surface area contributed by atoms with Crippen molar-refractivity contribution in [3.05, 3.63) is 41.2 Å². The summed E-state index contributed by atoms with van der Waals surface area (Å²) in [7, 11) is 0. The molecule has 5 N–H and O–H groups in total. The monoisotopic (exact) mass is 309 g/mol. The maximum Gasteiger partial charge on any atom is 0.226 e. The number of nitrogens with one attached hydrogen (secondary N) is 1. The molecule has 0 saturated heterocycles. The highest BCUT2D eigenvalue weighted by Gasteiger charge is 2.08. The lowest BCUT2D eigenvalue weighted by Crippen LogP contribution is -2.23. The molecule has 20 heavy (non-hydrogen) atoms. The molecule has 0 saturated carbocycles. The van der Waals surface area contributed by atoms with Gasteiger partial charge in [0.1, 0.15) is 6.26 Å². The average Bonchev–Trinajstić information content (AvgIpc) is 2.84. The van der Waals surface area contributed by atoms with Crippen LogP contribution in [0.5, 0.6) is 0 Å². The van der Waals surface area contributed by atoms with Crippen molar-refractivity contribution >= 4 is 34.5 Å². The van der Waals surface area contributed by atoms with Crippen molar-refractivity contribution in [2.45, 2.75) is 5.75 Å². The highest BCUT2D eigenvalue weighted by molar-refractivity contribution is 8.13. The van der Waals surface area contributed by atoms with Crippen LogP contribution in [0.1, 0.15) is 5.69 Å². The van der Waals surface area contributed by atoms with Crippen LogP contribution in [-0.2, 0) is 5.75 Å². The van der Waals surface area contributed by atoms with E-state index in [1.807, 2.05) is 12.1 Å². The first-order chi connectivity index (χ1) is 9.54. The molecule has 0 fully saturated rings. The van der Waals surface area contributed by atoms with E-state index in [2.05, 4.69) is 9.98 Å². The maximum atomic E-state index is 7.51. The highest BCUT2D eigenvalue weighted by atomic mass is 35.5. The van der Waals surface area contributed by atoms with Gasteiger partial charge in [-0.1, -0.05) is 29.4 Å². The Morgan fingerprint density at radius 1 is 1.45 bits per heavy atom. The number of thioether (sulfide) groups is 1. The van der Waals surface area contributed by atoms with E-state index in [0.29, 0.717) is 22.4 Å². The number of guanidine groups is 1. The smallest absolute Gasteiger partial charge is 0.226 e. The number of benzene rings is 1. The molecule has 1 aromatic heterocycles. The van der Waals surface area contributed by atoms with Crippen LogP contribution < -0.4 is 11.5 Å². The summed E-state index contributed by atoms with van der Waals surface area (Å²) in [6.07, 6.45) is 1.53. The van der Waals surface area contributed by atoms with Gasteiger partial charge < -0.3 is 15.9 Å². The average molecular weight is 310 g/mol. The number of oxazole rings is 1. The van der Waals surface area contributed by atoms with E-state index < -0.39 is 0 Å². The summed E-state index contributed by atoms with van der Waals surface area (Å²) in [5.74, 6) is 0.790. The zero-order valence-corrected chi connectivity index (χ0v) is 11.9. The van der Waals surface area contributed by atoms with Gasteiger partial charge in [-0.05, 0) is 18.2 Å². The molecule has 0 amide bonds. The Labute approximate surface area is 124 Å². The largest absolute Gasteiger partial charge is 0.444 e. The molecule has 2 aromatic rings.